The number of aromatic hydroxyl groups is 1. The van der Waals surface area contributed by atoms with Crippen molar-refractivity contribution in [1.82, 2.24) is 0 Å². The van der Waals surface area contributed by atoms with Crippen molar-refractivity contribution >= 4 is 11.6 Å². The lowest BCUT2D eigenvalue weighted by Gasteiger charge is -2.05. The minimum absolute atomic E-state index is 0.0539. The van der Waals surface area contributed by atoms with Gasteiger partial charge in [-0.15, -0.1) is 0 Å². The number of phenolic OH excluding ortho intramolecular Hbond substituents is 1. The van der Waals surface area contributed by atoms with E-state index < -0.39 is 0 Å². The molecule has 0 aromatic heterocycles. The van der Waals surface area contributed by atoms with E-state index in [0.717, 1.165) is 5.56 Å². The molecule has 4 nitrogen and oxygen atoms in total. The van der Waals surface area contributed by atoms with Crippen molar-refractivity contribution < 1.29 is 14.6 Å². The molecule has 1 amide bonds. The fourth-order valence-electron chi connectivity index (χ4n) is 1.13. The van der Waals surface area contributed by atoms with Crippen molar-refractivity contribution in [3.63, 3.8) is 0 Å². The van der Waals surface area contributed by atoms with Crippen LogP contribution in [0.1, 0.15) is 12.5 Å². The summed E-state index contributed by atoms with van der Waals surface area (Å²) < 4.78 is 4.89. The molecule has 0 atom stereocenters. The zero-order valence-electron chi connectivity index (χ0n) is 9.36. The van der Waals surface area contributed by atoms with Gasteiger partial charge in [0.2, 0.25) is 0 Å². The summed E-state index contributed by atoms with van der Waals surface area (Å²) in [6.07, 6.45) is 2.59. The van der Waals surface area contributed by atoms with E-state index in [1.165, 1.54) is 12.3 Å². The van der Waals surface area contributed by atoms with E-state index in [1.807, 2.05) is 19.9 Å². The van der Waals surface area contributed by atoms with Crippen molar-refractivity contribution in [1.29, 1.82) is 0 Å². The maximum absolute atomic E-state index is 11.3. The first kappa shape index (κ1) is 12.1. The first-order chi connectivity index (χ1) is 7.63. The second-order valence-corrected chi connectivity index (χ2v) is 3.27. The van der Waals surface area contributed by atoms with Crippen LogP contribution in [0, 0.1) is 6.92 Å². The van der Waals surface area contributed by atoms with E-state index in [-0.39, 0.29) is 11.7 Å². The topological polar surface area (TPSA) is 58.6 Å². The molecule has 4 heteroatoms. The second kappa shape index (κ2) is 5.80. The molecule has 0 aliphatic rings. The standard InChI is InChI=1S/C12H15NO3/c1-3-16-7-6-12(15)13-10-5-4-9(2)8-11(10)14/h4-8,14H,3H2,1-2H3,(H,13,15)/b7-6+. The van der Waals surface area contributed by atoms with Gasteiger partial charge in [-0.2, -0.15) is 0 Å². The van der Waals surface area contributed by atoms with Gasteiger partial charge in [0.15, 0.2) is 0 Å². The zero-order chi connectivity index (χ0) is 12.0. The Hall–Kier alpha value is -1.97. The van der Waals surface area contributed by atoms with Crippen LogP contribution >= 0.6 is 0 Å². The van der Waals surface area contributed by atoms with E-state index in [1.54, 1.807) is 12.1 Å². The quantitative estimate of drug-likeness (QED) is 0.465. The molecule has 0 heterocycles. The number of hydrogen-bond acceptors (Lipinski definition) is 3. The molecule has 0 saturated heterocycles. The summed E-state index contributed by atoms with van der Waals surface area (Å²) in [5.74, 6) is -0.286. The van der Waals surface area contributed by atoms with Gasteiger partial charge < -0.3 is 15.2 Å². The lowest BCUT2D eigenvalue weighted by Crippen LogP contribution is -2.08. The van der Waals surface area contributed by atoms with Gasteiger partial charge in [-0.3, -0.25) is 4.79 Å². The second-order valence-electron chi connectivity index (χ2n) is 3.27. The average Bonchev–Trinajstić information content (AvgIpc) is 2.23. The highest BCUT2D eigenvalue weighted by atomic mass is 16.5. The van der Waals surface area contributed by atoms with E-state index in [0.29, 0.717) is 12.3 Å². The maximum Gasteiger partial charge on any atom is 0.251 e. The van der Waals surface area contributed by atoms with Crippen LogP contribution in [0.25, 0.3) is 0 Å². The Morgan fingerprint density at radius 1 is 1.56 bits per heavy atom. The third kappa shape index (κ3) is 3.65. The predicted octanol–water partition coefficient (Wildman–Crippen LogP) is 2.19. The molecule has 0 saturated carbocycles. The van der Waals surface area contributed by atoms with Crippen molar-refractivity contribution in [2.45, 2.75) is 13.8 Å². The highest BCUT2D eigenvalue weighted by Crippen LogP contribution is 2.23. The number of anilines is 1. The van der Waals surface area contributed by atoms with Gasteiger partial charge in [0.1, 0.15) is 5.75 Å². The first-order valence-electron chi connectivity index (χ1n) is 5.02. The molecular formula is C12H15NO3. The summed E-state index contributed by atoms with van der Waals surface area (Å²) in [5, 5.41) is 12.1. The SMILES string of the molecule is CCO/C=C/C(=O)Nc1ccc(C)cc1O. The van der Waals surface area contributed by atoms with E-state index >= 15 is 0 Å². The van der Waals surface area contributed by atoms with E-state index in [4.69, 9.17) is 4.74 Å². The Balaban J connectivity index is 2.63. The van der Waals surface area contributed by atoms with Gasteiger partial charge >= 0.3 is 0 Å². The molecule has 0 unspecified atom stereocenters. The summed E-state index contributed by atoms with van der Waals surface area (Å²) in [6, 6.07) is 5.04. The van der Waals surface area contributed by atoms with Gasteiger partial charge in [-0.05, 0) is 31.5 Å². The molecule has 0 radical (unpaired) electrons. The largest absolute Gasteiger partial charge is 0.506 e. The van der Waals surface area contributed by atoms with Crippen molar-refractivity contribution in [3.05, 3.63) is 36.1 Å². The highest BCUT2D eigenvalue weighted by Gasteiger charge is 2.03. The van der Waals surface area contributed by atoms with Crippen LogP contribution in [-0.4, -0.2) is 17.6 Å². The number of carbonyl (C=O) groups excluding carboxylic acids is 1. The minimum Gasteiger partial charge on any atom is -0.506 e. The summed E-state index contributed by atoms with van der Waals surface area (Å²) in [4.78, 5) is 11.3. The Labute approximate surface area is 94.6 Å². The van der Waals surface area contributed by atoms with Gasteiger partial charge in [0.05, 0.1) is 18.6 Å². The smallest absolute Gasteiger partial charge is 0.251 e. The first-order valence-corrected chi connectivity index (χ1v) is 5.02. The molecule has 1 rings (SSSR count). The molecular weight excluding hydrogens is 206 g/mol. The molecule has 0 bridgehead atoms. The Bertz CT molecular complexity index is 399. The van der Waals surface area contributed by atoms with Crippen LogP contribution in [0.5, 0.6) is 5.75 Å². The average molecular weight is 221 g/mol. The molecule has 0 aliphatic heterocycles. The van der Waals surface area contributed by atoms with Crippen molar-refractivity contribution in [2.24, 2.45) is 0 Å². The number of hydrogen-bond donors (Lipinski definition) is 2. The number of phenols is 1. The Kier molecular flexibility index (Phi) is 4.39. The number of aryl methyl sites for hydroxylation is 1. The molecule has 1 aromatic carbocycles. The van der Waals surface area contributed by atoms with Crippen molar-refractivity contribution in [3.8, 4) is 5.75 Å². The van der Waals surface area contributed by atoms with Crippen LogP contribution in [0.15, 0.2) is 30.5 Å². The Morgan fingerprint density at radius 2 is 2.31 bits per heavy atom. The zero-order valence-corrected chi connectivity index (χ0v) is 9.36. The number of benzene rings is 1. The molecule has 1 aromatic rings. The predicted molar refractivity (Wildman–Crippen MR) is 62.2 cm³/mol. The monoisotopic (exact) mass is 221 g/mol. The lowest BCUT2D eigenvalue weighted by atomic mass is 10.2. The normalized spacial score (nSPS) is 10.4. The number of nitrogens with one attached hydrogen (secondary N) is 1. The summed E-state index contributed by atoms with van der Waals surface area (Å²) >= 11 is 0. The highest BCUT2D eigenvalue weighted by molar-refractivity contribution is 6.00. The van der Waals surface area contributed by atoms with Crippen LogP contribution in [0.2, 0.25) is 0 Å². The van der Waals surface area contributed by atoms with Gasteiger partial charge in [0, 0.05) is 6.08 Å². The van der Waals surface area contributed by atoms with Crippen LogP contribution in [0.4, 0.5) is 5.69 Å². The van der Waals surface area contributed by atoms with E-state index in [9.17, 15) is 9.90 Å². The summed E-state index contributed by atoms with van der Waals surface area (Å²) in [6.45, 7) is 4.20. The molecule has 0 spiro atoms. The fourth-order valence-corrected chi connectivity index (χ4v) is 1.13. The number of carbonyl (C=O) groups is 1. The molecule has 2 N–H and O–H groups in total. The van der Waals surface area contributed by atoms with Gasteiger partial charge in [-0.1, -0.05) is 6.07 Å². The Morgan fingerprint density at radius 3 is 2.94 bits per heavy atom. The molecule has 0 fully saturated rings. The third-order valence-electron chi connectivity index (χ3n) is 1.89. The fraction of sp³-hybridized carbons (Fsp3) is 0.250. The van der Waals surface area contributed by atoms with Crippen LogP contribution in [0.3, 0.4) is 0 Å². The third-order valence-corrected chi connectivity index (χ3v) is 1.89. The number of rotatable bonds is 4. The maximum atomic E-state index is 11.3. The van der Waals surface area contributed by atoms with E-state index in [2.05, 4.69) is 5.32 Å². The number of amides is 1. The van der Waals surface area contributed by atoms with Crippen molar-refractivity contribution in [2.75, 3.05) is 11.9 Å². The van der Waals surface area contributed by atoms with Crippen LogP contribution in [-0.2, 0) is 9.53 Å². The van der Waals surface area contributed by atoms with Gasteiger partial charge in [0.25, 0.3) is 5.91 Å². The summed E-state index contributed by atoms with van der Waals surface area (Å²) in [7, 11) is 0. The lowest BCUT2D eigenvalue weighted by molar-refractivity contribution is -0.112. The molecule has 0 aliphatic carbocycles. The van der Waals surface area contributed by atoms with Gasteiger partial charge in [-0.25, -0.2) is 0 Å². The summed E-state index contributed by atoms with van der Waals surface area (Å²) in [5.41, 5.74) is 1.32. The molecule has 16 heavy (non-hydrogen) atoms. The molecule has 86 valence electrons. The number of ether oxygens (including phenoxy) is 1. The minimum atomic E-state index is -0.340. The van der Waals surface area contributed by atoms with Crippen LogP contribution < -0.4 is 5.32 Å².